The molecule has 0 aliphatic heterocycles. The highest BCUT2D eigenvalue weighted by Crippen LogP contribution is 2.20. The molecule has 5 heteroatoms. The fourth-order valence-corrected chi connectivity index (χ4v) is 2.80. The van der Waals surface area contributed by atoms with E-state index in [1.54, 1.807) is 6.07 Å². The van der Waals surface area contributed by atoms with Crippen LogP contribution in [-0.4, -0.2) is 21.4 Å². The first-order valence-electron chi connectivity index (χ1n) is 9.37. The minimum Gasteiger partial charge on any atom is -0.365 e. The van der Waals surface area contributed by atoms with Crippen LogP contribution in [0.3, 0.4) is 0 Å². The van der Waals surface area contributed by atoms with E-state index in [-0.39, 0.29) is 11.4 Å². The van der Waals surface area contributed by atoms with Crippen LogP contribution in [0.2, 0.25) is 0 Å². The van der Waals surface area contributed by atoms with Gasteiger partial charge in [-0.1, -0.05) is 54.6 Å². The summed E-state index contributed by atoms with van der Waals surface area (Å²) in [6, 6.07) is 19.4. The van der Waals surface area contributed by atoms with Crippen LogP contribution < -0.4 is 10.6 Å². The zero-order valence-electron chi connectivity index (χ0n) is 16.8. The molecule has 3 aromatic rings. The van der Waals surface area contributed by atoms with E-state index in [0.29, 0.717) is 23.9 Å². The van der Waals surface area contributed by atoms with E-state index in [2.05, 4.69) is 41.4 Å². The third kappa shape index (κ3) is 5.16. The van der Waals surface area contributed by atoms with Crippen molar-refractivity contribution in [3.8, 4) is 11.4 Å². The van der Waals surface area contributed by atoms with E-state index < -0.39 is 0 Å². The summed E-state index contributed by atoms with van der Waals surface area (Å²) in [7, 11) is 0. The van der Waals surface area contributed by atoms with E-state index in [4.69, 9.17) is 0 Å². The van der Waals surface area contributed by atoms with Crippen LogP contribution in [0.4, 0.5) is 5.82 Å². The molecular formula is C23H26N4O. The molecule has 0 unspecified atom stereocenters. The lowest BCUT2D eigenvalue weighted by Gasteiger charge is -2.22. The van der Waals surface area contributed by atoms with Crippen molar-refractivity contribution in [3.05, 3.63) is 77.5 Å². The first-order chi connectivity index (χ1) is 13.3. The van der Waals surface area contributed by atoms with E-state index in [1.165, 1.54) is 0 Å². The molecule has 0 fully saturated rings. The van der Waals surface area contributed by atoms with Crippen molar-refractivity contribution in [2.45, 2.75) is 39.8 Å². The average molecular weight is 374 g/mol. The summed E-state index contributed by atoms with van der Waals surface area (Å²) in [5, 5.41) is 6.31. The van der Waals surface area contributed by atoms with Gasteiger partial charge in [0.25, 0.3) is 5.91 Å². The zero-order valence-corrected chi connectivity index (χ0v) is 16.8. The molecule has 0 aliphatic carbocycles. The van der Waals surface area contributed by atoms with Crippen molar-refractivity contribution < 1.29 is 4.79 Å². The monoisotopic (exact) mass is 374 g/mol. The highest BCUT2D eigenvalue weighted by molar-refractivity contribution is 5.93. The van der Waals surface area contributed by atoms with Crippen molar-refractivity contribution in [1.29, 1.82) is 0 Å². The summed E-state index contributed by atoms with van der Waals surface area (Å²) in [5.74, 6) is 0.929. The van der Waals surface area contributed by atoms with Gasteiger partial charge in [0.05, 0.1) is 0 Å². The van der Waals surface area contributed by atoms with Crippen LogP contribution in [0.25, 0.3) is 11.4 Å². The number of rotatable bonds is 5. The number of aromatic nitrogens is 2. The second-order valence-corrected chi connectivity index (χ2v) is 7.81. The minimum atomic E-state index is -0.222. The second-order valence-electron chi connectivity index (χ2n) is 7.81. The fraction of sp³-hybridized carbons (Fsp3) is 0.261. The van der Waals surface area contributed by atoms with Crippen LogP contribution in [0.15, 0.2) is 60.7 Å². The molecule has 0 bridgehead atoms. The molecule has 0 aliphatic rings. The van der Waals surface area contributed by atoms with Gasteiger partial charge in [0.15, 0.2) is 5.82 Å². The topological polar surface area (TPSA) is 66.9 Å². The van der Waals surface area contributed by atoms with Crippen molar-refractivity contribution in [2.75, 3.05) is 5.32 Å². The molecular weight excluding hydrogens is 348 g/mol. The number of hydrogen-bond donors (Lipinski definition) is 2. The van der Waals surface area contributed by atoms with Crippen LogP contribution in [0.5, 0.6) is 0 Å². The van der Waals surface area contributed by atoms with Crippen molar-refractivity contribution in [2.24, 2.45) is 0 Å². The Morgan fingerprint density at radius 2 is 1.64 bits per heavy atom. The van der Waals surface area contributed by atoms with Crippen LogP contribution in [0, 0.1) is 6.92 Å². The first-order valence-corrected chi connectivity index (χ1v) is 9.37. The summed E-state index contributed by atoms with van der Waals surface area (Å²) in [5.41, 5.74) is 3.26. The second kappa shape index (κ2) is 8.21. The molecule has 0 saturated heterocycles. The molecule has 0 atom stereocenters. The smallest absolute Gasteiger partial charge is 0.270 e. The Kier molecular flexibility index (Phi) is 5.73. The van der Waals surface area contributed by atoms with E-state index in [1.807, 2.05) is 61.5 Å². The Labute approximate surface area is 166 Å². The lowest BCUT2D eigenvalue weighted by molar-refractivity contribution is 0.0946. The lowest BCUT2D eigenvalue weighted by Crippen LogP contribution is -2.28. The molecule has 28 heavy (non-hydrogen) atoms. The highest BCUT2D eigenvalue weighted by atomic mass is 16.1. The number of carbonyl (C=O) groups excluding carboxylic acids is 1. The maximum Gasteiger partial charge on any atom is 0.270 e. The van der Waals surface area contributed by atoms with Gasteiger partial charge in [-0.2, -0.15) is 0 Å². The zero-order chi connectivity index (χ0) is 20.1. The SMILES string of the molecule is Cc1ccccc1CNC(=O)c1cc(NC(C)(C)C)nc(-c2ccccc2)n1. The number of amides is 1. The van der Waals surface area contributed by atoms with Crippen molar-refractivity contribution in [3.63, 3.8) is 0 Å². The number of nitrogens with one attached hydrogen (secondary N) is 2. The third-order valence-corrected chi connectivity index (χ3v) is 4.19. The van der Waals surface area contributed by atoms with Gasteiger partial charge in [0.1, 0.15) is 11.5 Å². The first kappa shape index (κ1) is 19.5. The number of nitrogens with zero attached hydrogens (tertiary/aromatic N) is 2. The summed E-state index contributed by atoms with van der Waals surface area (Å²) < 4.78 is 0. The fourth-order valence-electron chi connectivity index (χ4n) is 2.80. The largest absolute Gasteiger partial charge is 0.365 e. The third-order valence-electron chi connectivity index (χ3n) is 4.19. The maximum absolute atomic E-state index is 12.8. The molecule has 1 heterocycles. The Morgan fingerprint density at radius 1 is 0.964 bits per heavy atom. The Hall–Kier alpha value is -3.21. The quantitative estimate of drug-likeness (QED) is 0.685. The summed E-state index contributed by atoms with van der Waals surface area (Å²) in [6.07, 6.45) is 0. The van der Waals surface area contributed by atoms with Gasteiger partial charge in [-0.3, -0.25) is 4.79 Å². The Morgan fingerprint density at radius 3 is 2.32 bits per heavy atom. The molecule has 5 nitrogen and oxygen atoms in total. The predicted octanol–water partition coefficient (Wildman–Crippen LogP) is 4.59. The highest BCUT2D eigenvalue weighted by Gasteiger charge is 2.16. The predicted molar refractivity (Wildman–Crippen MR) is 113 cm³/mol. The molecule has 0 spiro atoms. The van der Waals surface area contributed by atoms with Crippen LogP contribution in [-0.2, 0) is 6.54 Å². The number of anilines is 1. The van der Waals surface area contributed by atoms with Crippen molar-refractivity contribution in [1.82, 2.24) is 15.3 Å². The normalized spacial score (nSPS) is 11.1. The minimum absolute atomic E-state index is 0.183. The van der Waals surface area contributed by atoms with Gasteiger partial charge in [-0.15, -0.1) is 0 Å². The standard InChI is InChI=1S/C23H26N4O/c1-16-10-8-9-13-18(16)15-24-22(28)19-14-20(27-23(2,3)4)26-21(25-19)17-11-6-5-7-12-17/h5-14H,15H2,1-4H3,(H,24,28)(H,25,26,27). The van der Waals surface area contributed by atoms with E-state index in [0.717, 1.165) is 16.7 Å². The molecule has 3 rings (SSSR count). The van der Waals surface area contributed by atoms with Crippen LogP contribution in [0.1, 0.15) is 42.4 Å². The van der Waals surface area contributed by atoms with Crippen molar-refractivity contribution >= 4 is 11.7 Å². The average Bonchev–Trinajstić information content (AvgIpc) is 2.66. The van der Waals surface area contributed by atoms with Gasteiger partial charge in [0.2, 0.25) is 0 Å². The molecule has 0 radical (unpaired) electrons. The van der Waals surface area contributed by atoms with Gasteiger partial charge >= 0.3 is 0 Å². The molecule has 2 aromatic carbocycles. The molecule has 144 valence electrons. The van der Waals surface area contributed by atoms with Gasteiger partial charge < -0.3 is 10.6 Å². The lowest BCUT2D eigenvalue weighted by atomic mass is 10.1. The van der Waals surface area contributed by atoms with Gasteiger partial charge in [-0.05, 0) is 38.8 Å². The molecule has 1 aromatic heterocycles. The molecule has 1 amide bonds. The maximum atomic E-state index is 12.8. The number of hydrogen-bond acceptors (Lipinski definition) is 4. The van der Waals surface area contributed by atoms with Crippen LogP contribution >= 0.6 is 0 Å². The Balaban J connectivity index is 1.89. The number of aryl methyl sites for hydroxylation is 1. The molecule has 0 saturated carbocycles. The Bertz CT molecular complexity index is 962. The van der Waals surface area contributed by atoms with Gasteiger partial charge in [0, 0.05) is 23.7 Å². The number of carbonyl (C=O) groups is 1. The number of benzene rings is 2. The molecule has 2 N–H and O–H groups in total. The summed E-state index contributed by atoms with van der Waals surface area (Å²) in [6.45, 7) is 8.64. The summed E-state index contributed by atoms with van der Waals surface area (Å²) >= 11 is 0. The summed E-state index contributed by atoms with van der Waals surface area (Å²) in [4.78, 5) is 21.9. The van der Waals surface area contributed by atoms with E-state index in [9.17, 15) is 4.79 Å². The van der Waals surface area contributed by atoms with E-state index >= 15 is 0 Å². The van der Waals surface area contributed by atoms with Gasteiger partial charge in [-0.25, -0.2) is 9.97 Å².